The lowest BCUT2D eigenvalue weighted by Crippen LogP contribution is -2.40. The number of hydrogen-bond donors (Lipinski definition) is 1. The van der Waals surface area contributed by atoms with Crippen molar-refractivity contribution in [3.8, 4) is 0 Å². The summed E-state index contributed by atoms with van der Waals surface area (Å²) in [6.45, 7) is 3.03. The lowest BCUT2D eigenvalue weighted by atomic mass is 10.1. The summed E-state index contributed by atoms with van der Waals surface area (Å²) in [5, 5.41) is 9.40. The van der Waals surface area contributed by atoms with Crippen LogP contribution in [0.1, 0.15) is 30.9 Å². The second-order valence-electron chi connectivity index (χ2n) is 5.31. The van der Waals surface area contributed by atoms with Crippen molar-refractivity contribution in [3.63, 3.8) is 0 Å². The van der Waals surface area contributed by atoms with Crippen molar-refractivity contribution in [2.75, 3.05) is 20.3 Å². The second-order valence-corrected chi connectivity index (χ2v) is 7.30. The molecule has 1 aromatic rings. The molecule has 0 amide bonds. The highest BCUT2D eigenvalue weighted by atomic mass is 32.2. The number of sulfonamides is 1. The van der Waals surface area contributed by atoms with Crippen LogP contribution in [0.15, 0.2) is 23.1 Å². The van der Waals surface area contributed by atoms with Crippen LogP contribution in [0.25, 0.3) is 0 Å². The second kappa shape index (κ2) is 6.87. The number of hydrogen-bond acceptors (Lipinski definition) is 4. The molecule has 1 saturated heterocycles. The Labute approximate surface area is 126 Å². The molecule has 0 radical (unpaired) electrons. The van der Waals surface area contributed by atoms with Crippen LogP contribution >= 0.6 is 0 Å². The van der Waals surface area contributed by atoms with Gasteiger partial charge in [-0.2, -0.15) is 4.31 Å². The zero-order chi connectivity index (χ0) is 15.5. The van der Waals surface area contributed by atoms with Crippen LogP contribution in [-0.2, 0) is 27.8 Å². The molecule has 1 aliphatic heterocycles. The number of aryl methyl sites for hydroxylation is 1. The highest BCUT2D eigenvalue weighted by molar-refractivity contribution is 7.89. The topological polar surface area (TPSA) is 66.8 Å². The van der Waals surface area contributed by atoms with Gasteiger partial charge < -0.3 is 9.84 Å². The van der Waals surface area contributed by atoms with Crippen molar-refractivity contribution in [1.29, 1.82) is 0 Å². The van der Waals surface area contributed by atoms with Crippen LogP contribution in [0.5, 0.6) is 0 Å². The molecular weight excluding hydrogens is 290 g/mol. The van der Waals surface area contributed by atoms with Crippen LogP contribution in [0.3, 0.4) is 0 Å². The highest BCUT2D eigenvalue weighted by Crippen LogP contribution is 2.24. The molecular formula is C15H23NO4S. The van der Waals surface area contributed by atoms with E-state index >= 15 is 0 Å². The van der Waals surface area contributed by atoms with Gasteiger partial charge in [0, 0.05) is 26.3 Å². The summed E-state index contributed by atoms with van der Waals surface area (Å²) in [6, 6.07) is 4.98. The Morgan fingerprint density at radius 3 is 2.52 bits per heavy atom. The molecule has 0 bridgehead atoms. The van der Waals surface area contributed by atoms with E-state index in [9.17, 15) is 13.5 Å². The summed E-state index contributed by atoms with van der Waals surface area (Å²) >= 11 is 0. The number of nitrogens with zero attached hydrogens (tertiary/aromatic N) is 1. The molecule has 1 N–H and O–H groups in total. The van der Waals surface area contributed by atoms with Crippen LogP contribution in [0.2, 0.25) is 0 Å². The molecule has 0 saturated carbocycles. The number of ether oxygens (including phenoxy) is 1. The third-order valence-corrected chi connectivity index (χ3v) is 6.02. The van der Waals surface area contributed by atoms with Gasteiger partial charge in [0.2, 0.25) is 10.0 Å². The molecule has 1 aromatic carbocycles. The molecule has 1 fully saturated rings. The minimum atomic E-state index is -3.53. The Kier molecular flexibility index (Phi) is 5.37. The van der Waals surface area contributed by atoms with Crippen molar-refractivity contribution in [2.45, 2.75) is 43.7 Å². The van der Waals surface area contributed by atoms with Gasteiger partial charge in [-0.15, -0.1) is 0 Å². The Hall–Kier alpha value is -0.950. The van der Waals surface area contributed by atoms with Crippen molar-refractivity contribution < 1.29 is 18.3 Å². The van der Waals surface area contributed by atoms with Gasteiger partial charge in [0.05, 0.1) is 11.5 Å². The Morgan fingerprint density at radius 1 is 1.29 bits per heavy atom. The molecule has 2 rings (SSSR count). The van der Waals surface area contributed by atoms with Gasteiger partial charge in [-0.05, 0) is 42.5 Å². The fourth-order valence-corrected chi connectivity index (χ4v) is 4.13. The van der Waals surface area contributed by atoms with E-state index in [1.54, 1.807) is 25.2 Å². The van der Waals surface area contributed by atoms with E-state index in [0.717, 1.165) is 24.8 Å². The number of benzene rings is 1. The molecule has 0 unspecified atom stereocenters. The predicted octanol–water partition coefficient (Wildman–Crippen LogP) is 1.54. The predicted molar refractivity (Wildman–Crippen MR) is 80.5 cm³/mol. The molecule has 0 atom stereocenters. The van der Waals surface area contributed by atoms with Gasteiger partial charge >= 0.3 is 0 Å². The molecule has 5 nitrogen and oxygen atoms in total. The zero-order valence-corrected chi connectivity index (χ0v) is 13.4. The lowest BCUT2D eigenvalue weighted by Gasteiger charge is -2.30. The first-order valence-electron chi connectivity index (χ1n) is 7.29. The van der Waals surface area contributed by atoms with Gasteiger partial charge in [-0.3, -0.25) is 0 Å². The van der Waals surface area contributed by atoms with Gasteiger partial charge in [0.15, 0.2) is 0 Å². The van der Waals surface area contributed by atoms with E-state index in [1.165, 1.54) is 4.31 Å². The van der Waals surface area contributed by atoms with E-state index in [2.05, 4.69) is 0 Å². The zero-order valence-electron chi connectivity index (χ0n) is 12.6. The smallest absolute Gasteiger partial charge is 0.243 e. The van der Waals surface area contributed by atoms with E-state index in [-0.39, 0.29) is 17.5 Å². The quantitative estimate of drug-likeness (QED) is 0.895. The summed E-state index contributed by atoms with van der Waals surface area (Å²) in [7, 11) is -1.91. The van der Waals surface area contributed by atoms with Crippen molar-refractivity contribution in [1.82, 2.24) is 4.31 Å². The van der Waals surface area contributed by atoms with E-state index in [1.807, 2.05) is 6.92 Å². The van der Waals surface area contributed by atoms with Gasteiger partial charge in [0.1, 0.15) is 0 Å². The minimum absolute atomic E-state index is 0.0211. The number of aliphatic hydroxyl groups is 1. The lowest BCUT2D eigenvalue weighted by molar-refractivity contribution is 0.0632. The Bertz CT molecular complexity index is 579. The summed E-state index contributed by atoms with van der Waals surface area (Å²) in [4.78, 5) is 0.248. The maximum Gasteiger partial charge on any atom is 0.243 e. The molecule has 118 valence electrons. The fraction of sp³-hybridized carbons (Fsp3) is 0.600. The minimum Gasteiger partial charge on any atom is -0.392 e. The third-order valence-electron chi connectivity index (χ3n) is 4.11. The normalized spacial score (nSPS) is 17.3. The van der Waals surface area contributed by atoms with Gasteiger partial charge in [0.25, 0.3) is 0 Å². The average molecular weight is 313 g/mol. The Balaban J connectivity index is 2.30. The molecule has 21 heavy (non-hydrogen) atoms. The SMILES string of the molecule is CCc1ccc(S(=O)(=O)N(C)C2CCOCC2)cc1CO. The summed E-state index contributed by atoms with van der Waals surface area (Å²) < 4.78 is 32.1. The largest absolute Gasteiger partial charge is 0.392 e. The van der Waals surface area contributed by atoms with Crippen LogP contribution in [-0.4, -0.2) is 44.1 Å². The highest BCUT2D eigenvalue weighted by Gasteiger charge is 2.29. The number of aliphatic hydroxyl groups excluding tert-OH is 1. The van der Waals surface area contributed by atoms with Crippen LogP contribution in [0, 0.1) is 0 Å². The molecule has 1 aliphatic rings. The average Bonchev–Trinajstić information content (AvgIpc) is 2.54. The van der Waals surface area contributed by atoms with Crippen molar-refractivity contribution in [3.05, 3.63) is 29.3 Å². The van der Waals surface area contributed by atoms with E-state index in [0.29, 0.717) is 18.8 Å². The van der Waals surface area contributed by atoms with E-state index in [4.69, 9.17) is 4.74 Å². The first kappa shape index (κ1) is 16.4. The Morgan fingerprint density at radius 2 is 1.95 bits per heavy atom. The maximum atomic E-state index is 12.7. The summed E-state index contributed by atoms with van der Waals surface area (Å²) in [5.74, 6) is 0. The van der Waals surface area contributed by atoms with Crippen molar-refractivity contribution >= 4 is 10.0 Å². The monoisotopic (exact) mass is 313 g/mol. The summed E-state index contributed by atoms with van der Waals surface area (Å²) in [6.07, 6.45) is 2.21. The number of rotatable bonds is 5. The molecule has 0 aromatic heterocycles. The summed E-state index contributed by atoms with van der Waals surface area (Å²) in [5.41, 5.74) is 1.66. The third kappa shape index (κ3) is 3.45. The van der Waals surface area contributed by atoms with Gasteiger partial charge in [-0.25, -0.2) is 8.42 Å². The molecule has 0 spiro atoms. The molecule has 1 heterocycles. The van der Waals surface area contributed by atoms with Gasteiger partial charge in [-0.1, -0.05) is 13.0 Å². The maximum absolute atomic E-state index is 12.7. The van der Waals surface area contributed by atoms with Crippen LogP contribution < -0.4 is 0 Å². The fourth-order valence-electron chi connectivity index (χ4n) is 2.67. The molecule has 6 heteroatoms. The standard InChI is InChI=1S/C15H23NO4S/c1-3-12-4-5-15(10-13(12)11-17)21(18,19)16(2)14-6-8-20-9-7-14/h4-5,10,14,17H,3,6-9,11H2,1-2H3. The first-order chi connectivity index (χ1) is 10.0. The first-order valence-corrected chi connectivity index (χ1v) is 8.73. The van der Waals surface area contributed by atoms with E-state index < -0.39 is 10.0 Å². The molecule has 0 aliphatic carbocycles. The van der Waals surface area contributed by atoms with Crippen molar-refractivity contribution in [2.24, 2.45) is 0 Å². The van der Waals surface area contributed by atoms with Crippen LogP contribution in [0.4, 0.5) is 0 Å².